The van der Waals surface area contributed by atoms with Crippen LogP contribution in [-0.2, 0) is 9.53 Å². The van der Waals surface area contributed by atoms with Crippen LogP contribution in [0, 0.1) is 0 Å². The molecular weight excluding hydrogens is 300 g/mol. The summed E-state index contributed by atoms with van der Waals surface area (Å²) in [5, 5.41) is 8.70. The quantitative estimate of drug-likeness (QED) is 0.622. The van der Waals surface area contributed by atoms with E-state index < -0.39 is 0 Å². The minimum atomic E-state index is -0.312. The summed E-state index contributed by atoms with van der Waals surface area (Å²) in [6.07, 6.45) is -0.132. The van der Waals surface area contributed by atoms with E-state index in [1.165, 1.54) is 0 Å². The first-order chi connectivity index (χ1) is 9.54. The number of nitrogens with zero attached hydrogens (tertiary/aromatic N) is 2. The highest BCUT2D eigenvalue weighted by molar-refractivity contribution is 7.99. The molecule has 0 unspecified atom stereocenters. The molecule has 2 aromatic rings. The van der Waals surface area contributed by atoms with Gasteiger partial charge in [-0.15, -0.1) is 10.2 Å². The zero-order chi connectivity index (χ0) is 14.5. The first-order valence-corrected chi connectivity index (χ1v) is 7.32. The van der Waals surface area contributed by atoms with Gasteiger partial charge in [0.15, 0.2) is 0 Å². The smallest absolute Gasteiger partial charge is 0.316 e. The molecule has 1 aromatic heterocycles. The summed E-state index contributed by atoms with van der Waals surface area (Å²) < 4.78 is 10.5. The summed E-state index contributed by atoms with van der Waals surface area (Å²) in [4.78, 5) is 11.4. The van der Waals surface area contributed by atoms with Crippen molar-refractivity contribution in [3.63, 3.8) is 0 Å². The molecule has 0 aliphatic carbocycles. The number of halogens is 1. The lowest BCUT2D eigenvalue weighted by atomic mass is 10.2. The van der Waals surface area contributed by atoms with Gasteiger partial charge >= 0.3 is 5.97 Å². The monoisotopic (exact) mass is 312 g/mol. The van der Waals surface area contributed by atoms with Crippen LogP contribution in [0.4, 0.5) is 0 Å². The molecule has 0 amide bonds. The fourth-order valence-corrected chi connectivity index (χ4v) is 2.16. The maximum absolute atomic E-state index is 11.4. The second-order valence-electron chi connectivity index (χ2n) is 4.21. The number of hydrogen-bond donors (Lipinski definition) is 0. The minimum Gasteiger partial charge on any atom is -0.462 e. The lowest BCUT2D eigenvalue weighted by Crippen LogP contribution is -2.13. The molecule has 0 bridgehead atoms. The number of thioether (sulfide) groups is 1. The lowest BCUT2D eigenvalue weighted by molar-refractivity contribution is -0.144. The Bertz CT molecular complexity index is 601. The summed E-state index contributed by atoms with van der Waals surface area (Å²) >= 11 is 7.04. The van der Waals surface area contributed by atoms with Gasteiger partial charge in [0.05, 0.1) is 6.10 Å². The molecule has 0 N–H and O–H groups in total. The van der Waals surface area contributed by atoms with Crippen LogP contribution < -0.4 is 0 Å². The number of rotatable bonds is 5. The number of carbonyl (C=O) groups excluding carboxylic acids is 1. The third-order valence-corrected chi connectivity index (χ3v) is 3.19. The van der Waals surface area contributed by atoms with Gasteiger partial charge in [0.2, 0.25) is 5.89 Å². The molecule has 0 fully saturated rings. The standard InChI is InChI=1S/C13H13ClN2O3S/c1-8(2)18-11(17)7-20-13-16-15-12(19-13)9-4-3-5-10(14)6-9/h3-6,8H,7H2,1-2H3. The molecule has 0 saturated heterocycles. The van der Waals surface area contributed by atoms with Gasteiger partial charge in [-0.25, -0.2) is 0 Å². The molecule has 0 aliphatic rings. The Balaban J connectivity index is 1.97. The molecule has 1 aromatic carbocycles. The minimum absolute atomic E-state index is 0.132. The van der Waals surface area contributed by atoms with E-state index in [0.717, 1.165) is 17.3 Å². The Hall–Kier alpha value is -1.53. The predicted octanol–water partition coefficient (Wildman–Crippen LogP) is 3.43. The summed E-state index contributed by atoms with van der Waals surface area (Å²) in [5.41, 5.74) is 0.738. The summed E-state index contributed by atoms with van der Waals surface area (Å²) in [7, 11) is 0. The van der Waals surface area contributed by atoms with Gasteiger partial charge in [-0.05, 0) is 32.0 Å². The second kappa shape index (κ2) is 6.76. The number of ether oxygens (including phenoxy) is 1. The third kappa shape index (κ3) is 4.25. The molecule has 5 nitrogen and oxygen atoms in total. The van der Waals surface area contributed by atoms with Crippen molar-refractivity contribution in [2.24, 2.45) is 0 Å². The fourth-order valence-electron chi connectivity index (χ4n) is 1.42. The van der Waals surface area contributed by atoms with Gasteiger partial charge in [0.1, 0.15) is 5.75 Å². The van der Waals surface area contributed by atoms with Crippen molar-refractivity contribution in [2.45, 2.75) is 25.2 Å². The Morgan fingerprint density at radius 3 is 2.95 bits per heavy atom. The van der Waals surface area contributed by atoms with Crippen LogP contribution in [-0.4, -0.2) is 28.0 Å². The van der Waals surface area contributed by atoms with E-state index in [1.807, 2.05) is 6.07 Å². The van der Waals surface area contributed by atoms with E-state index >= 15 is 0 Å². The highest BCUT2D eigenvalue weighted by Crippen LogP contribution is 2.25. The Morgan fingerprint density at radius 2 is 2.25 bits per heavy atom. The molecule has 0 atom stereocenters. The lowest BCUT2D eigenvalue weighted by Gasteiger charge is -2.05. The molecule has 20 heavy (non-hydrogen) atoms. The van der Waals surface area contributed by atoms with Crippen molar-refractivity contribution in [3.05, 3.63) is 29.3 Å². The number of aromatic nitrogens is 2. The molecular formula is C13H13ClN2O3S. The molecule has 0 saturated carbocycles. The van der Waals surface area contributed by atoms with Gasteiger partial charge < -0.3 is 9.15 Å². The molecule has 2 rings (SSSR count). The molecule has 1 heterocycles. The molecule has 0 spiro atoms. The summed E-state index contributed by atoms with van der Waals surface area (Å²) in [6, 6.07) is 7.12. The van der Waals surface area contributed by atoms with Gasteiger partial charge in [-0.3, -0.25) is 4.79 Å². The SMILES string of the molecule is CC(C)OC(=O)CSc1nnc(-c2cccc(Cl)c2)o1. The van der Waals surface area contributed by atoms with E-state index in [9.17, 15) is 4.79 Å². The van der Waals surface area contributed by atoms with Crippen LogP contribution in [0.3, 0.4) is 0 Å². The highest BCUT2D eigenvalue weighted by Gasteiger charge is 2.12. The largest absolute Gasteiger partial charge is 0.462 e. The normalized spacial score (nSPS) is 10.8. The van der Waals surface area contributed by atoms with Crippen molar-refractivity contribution >= 4 is 29.3 Å². The van der Waals surface area contributed by atoms with Crippen molar-refractivity contribution in [1.29, 1.82) is 0 Å². The first kappa shape index (κ1) is 14.9. The number of esters is 1. The van der Waals surface area contributed by atoms with E-state index in [4.69, 9.17) is 20.8 Å². The average Bonchev–Trinajstić information content (AvgIpc) is 2.84. The van der Waals surface area contributed by atoms with Crippen LogP contribution in [0.1, 0.15) is 13.8 Å². The predicted molar refractivity (Wildman–Crippen MR) is 76.7 cm³/mol. The third-order valence-electron chi connectivity index (χ3n) is 2.16. The van der Waals surface area contributed by atoms with Crippen LogP contribution in [0.2, 0.25) is 5.02 Å². The first-order valence-electron chi connectivity index (χ1n) is 5.96. The molecule has 0 radical (unpaired) electrons. The number of carbonyl (C=O) groups is 1. The van der Waals surface area contributed by atoms with Crippen LogP contribution in [0.5, 0.6) is 0 Å². The summed E-state index contributed by atoms with van der Waals surface area (Å²) in [6.45, 7) is 3.60. The van der Waals surface area contributed by atoms with E-state index in [0.29, 0.717) is 16.1 Å². The van der Waals surface area contributed by atoms with Crippen LogP contribution >= 0.6 is 23.4 Å². The van der Waals surface area contributed by atoms with Gasteiger partial charge in [-0.2, -0.15) is 0 Å². The summed E-state index contributed by atoms with van der Waals surface area (Å²) in [5.74, 6) is 0.190. The number of benzene rings is 1. The zero-order valence-corrected chi connectivity index (χ0v) is 12.6. The van der Waals surface area contributed by atoms with E-state index in [-0.39, 0.29) is 17.8 Å². The Kier molecular flexibility index (Phi) is 5.03. The highest BCUT2D eigenvalue weighted by atomic mass is 35.5. The maximum atomic E-state index is 11.4. The van der Waals surface area contributed by atoms with E-state index in [2.05, 4.69) is 10.2 Å². The van der Waals surface area contributed by atoms with Gasteiger partial charge in [0, 0.05) is 10.6 Å². The topological polar surface area (TPSA) is 65.2 Å². The van der Waals surface area contributed by atoms with Crippen molar-refractivity contribution in [3.8, 4) is 11.5 Å². The van der Waals surface area contributed by atoms with Crippen LogP contribution in [0.25, 0.3) is 11.5 Å². The maximum Gasteiger partial charge on any atom is 0.316 e. The second-order valence-corrected chi connectivity index (χ2v) is 5.57. The van der Waals surface area contributed by atoms with E-state index in [1.54, 1.807) is 32.0 Å². The zero-order valence-electron chi connectivity index (χ0n) is 11.0. The fraction of sp³-hybridized carbons (Fsp3) is 0.308. The van der Waals surface area contributed by atoms with Crippen molar-refractivity contribution in [2.75, 3.05) is 5.75 Å². The average molecular weight is 313 g/mol. The van der Waals surface area contributed by atoms with Crippen LogP contribution in [0.15, 0.2) is 33.9 Å². The molecule has 106 valence electrons. The van der Waals surface area contributed by atoms with Gasteiger partial charge in [0.25, 0.3) is 5.22 Å². The Labute approximate surface area is 125 Å². The molecule has 7 heteroatoms. The van der Waals surface area contributed by atoms with Crippen molar-refractivity contribution in [1.82, 2.24) is 10.2 Å². The van der Waals surface area contributed by atoms with Crippen molar-refractivity contribution < 1.29 is 13.9 Å². The Morgan fingerprint density at radius 1 is 1.45 bits per heavy atom. The number of hydrogen-bond acceptors (Lipinski definition) is 6. The molecule has 0 aliphatic heterocycles. The van der Waals surface area contributed by atoms with Gasteiger partial charge in [-0.1, -0.05) is 29.4 Å².